The average molecular weight is 232 g/mol. The van der Waals surface area contributed by atoms with Gasteiger partial charge in [0, 0.05) is 18.5 Å². The number of halogens is 1. The largest absolute Gasteiger partial charge is 0.299 e. The Bertz CT molecular complexity index is 157. The summed E-state index contributed by atoms with van der Waals surface area (Å²) >= 11 is 6.08. The van der Waals surface area contributed by atoms with E-state index in [4.69, 9.17) is 11.6 Å². The number of hydrogen-bond donors (Lipinski definition) is 0. The van der Waals surface area contributed by atoms with E-state index in [-0.39, 0.29) is 0 Å². The van der Waals surface area contributed by atoms with Crippen LogP contribution >= 0.6 is 11.6 Å². The first kappa shape index (κ1) is 13.3. The zero-order chi connectivity index (χ0) is 11.1. The maximum absolute atomic E-state index is 6.08. The lowest BCUT2D eigenvalue weighted by molar-refractivity contribution is 0.178. The second kappa shape index (κ2) is 7.51. The molecule has 0 saturated carbocycles. The smallest absolute Gasteiger partial charge is 0.0379 e. The Balaban J connectivity index is 2.46. The second-order valence-corrected chi connectivity index (χ2v) is 5.14. The van der Waals surface area contributed by atoms with Crippen LogP contribution in [0, 0.1) is 5.92 Å². The number of likely N-dealkylation sites (tertiary alicyclic amines) is 1. The van der Waals surface area contributed by atoms with Crippen LogP contribution in [0.3, 0.4) is 0 Å². The van der Waals surface area contributed by atoms with Crippen LogP contribution in [0.1, 0.15) is 52.4 Å². The lowest BCUT2D eigenvalue weighted by Gasteiger charge is -2.31. The first-order chi connectivity index (χ1) is 7.31. The quantitative estimate of drug-likeness (QED) is 0.649. The first-order valence-electron chi connectivity index (χ1n) is 6.61. The molecule has 0 aromatic carbocycles. The van der Waals surface area contributed by atoms with Crippen LogP contribution in [-0.4, -0.2) is 29.9 Å². The van der Waals surface area contributed by atoms with Gasteiger partial charge in [0.2, 0.25) is 0 Å². The fourth-order valence-corrected chi connectivity index (χ4v) is 2.88. The molecular weight excluding hydrogens is 206 g/mol. The number of alkyl halides is 1. The monoisotopic (exact) mass is 231 g/mol. The average Bonchev–Trinajstić information content (AvgIpc) is 2.50. The van der Waals surface area contributed by atoms with Gasteiger partial charge in [-0.15, -0.1) is 11.6 Å². The molecule has 90 valence electrons. The highest BCUT2D eigenvalue weighted by atomic mass is 35.5. The summed E-state index contributed by atoms with van der Waals surface area (Å²) in [5.41, 5.74) is 0. The van der Waals surface area contributed by atoms with Gasteiger partial charge in [-0.05, 0) is 25.3 Å². The van der Waals surface area contributed by atoms with Crippen LogP contribution in [0.2, 0.25) is 0 Å². The van der Waals surface area contributed by atoms with Crippen LogP contribution in [0.4, 0.5) is 0 Å². The van der Waals surface area contributed by atoms with E-state index in [0.29, 0.717) is 6.04 Å². The normalized spacial score (nSPS) is 24.4. The third-order valence-corrected chi connectivity index (χ3v) is 4.18. The third kappa shape index (κ3) is 4.32. The van der Waals surface area contributed by atoms with Gasteiger partial charge in [-0.25, -0.2) is 0 Å². The zero-order valence-electron chi connectivity index (χ0n) is 10.3. The van der Waals surface area contributed by atoms with Gasteiger partial charge in [0.1, 0.15) is 0 Å². The van der Waals surface area contributed by atoms with Crippen molar-refractivity contribution in [2.24, 2.45) is 5.92 Å². The van der Waals surface area contributed by atoms with E-state index < -0.39 is 0 Å². The fourth-order valence-electron chi connectivity index (χ4n) is 2.53. The molecule has 0 radical (unpaired) electrons. The van der Waals surface area contributed by atoms with Gasteiger partial charge in [0.25, 0.3) is 0 Å². The molecule has 1 nitrogen and oxygen atoms in total. The van der Waals surface area contributed by atoms with E-state index in [9.17, 15) is 0 Å². The molecule has 2 heteroatoms. The maximum Gasteiger partial charge on any atom is 0.0379 e. The van der Waals surface area contributed by atoms with Crippen LogP contribution in [-0.2, 0) is 0 Å². The summed E-state index contributed by atoms with van der Waals surface area (Å²) < 4.78 is 0. The third-order valence-electron chi connectivity index (χ3n) is 3.82. The van der Waals surface area contributed by atoms with Gasteiger partial charge >= 0.3 is 0 Å². The molecule has 0 aromatic heterocycles. The Hall–Kier alpha value is 0.250. The molecule has 0 aliphatic carbocycles. The van der Waals surface area contributed by atoms with Crippen molar-refractivity contribution >= 4 is 11.6 Å². The van der Waals surface area contributed by atoms with E-state index in [2.05, 4.69) is 18.7 Å². The van der Waals surface area contributed by atoms with E-state index in [1.807, 2.05) is 0 Å². The predicted molar refractivity (Wildman–Crippen MR) is 68.6 cm³/mol. The van der Waals surface area contributed by atoms with E-state index in [1.54, 1.807) is 0 Å². The molecule has 1 heterocycles. The van der Waals surface area contributed by atoms with Gasteiger partial charge < -0.3 is 0 Å². The summed E-state index contributed by atoms with van der Waals surface area (Å²) in [7, 11) is 0. The molecule has 0 aromatic rings. The molecule has 1 saturated heterocycles. The molecule has 1 unspecified atom stereocenters. The Kier molecular flexibility index (Phi) is 6.67. The van der Waals surface area contributed by atoms with Crippen LogP contribution in [0.25, 0.3) is 0 Å². The van der Waals surface area contributed by atoms with Crippen molar-refractivity contribution in [1.29, 1.82) is 0 Å². The standard InChI is InChI=1S/C13H26ClN/c1-3-12(4-2)11-15-9-7-5-6-8-13(15)10-14/h12-13H,3-11H2,1-2H3. The van der Waals surface area contributed by atoms with E-state index in [1.165, 1.54) is 51.6 Å². The van der Waals surface area contributed by atoms with Crippen molar-refractivity contribution in [3.05, 3.63) is 0 Å². The van der Waals surface area contributed by atoms with Gasteiger partial charge in [-0.3, -0.25) is 4.90 Å². The highest BCUT2D eigenvalue weighted by molar-refractivity contribution is 6.18. The van der Waals surface area contributed by atoms with Gasteiger partial charge in [0.05, 0.1) is 0 Å². The minimum Gasteiger partial charge on any atom is -0.299 e. The molecule has 15 heavy (non-hydrogen) atoms. The van der Waals surface area contributed by atoms with Crippen molar-refractivity contribution in [3.8, 4) is 0 Å². The first-order valence-corrected chi connectivity index (χ1v) is 7.15. The van der Waals surface area contributed by atoms with Gasteiger partial charge in [-0.2, -0.15) is 0 Å². The Labute approximate surface area is 100 Å². The summed E-state index contributed by atoms with van der Waals surface area (Å²) in [5.74, 6) is 1.69. The number of nitrogens with zero attached hydrogens (tertiary/aromatic N) is 1. The summed E-state index contributed by atoms with van der Waals surface area (Å²) in [4.78, 5) is 2.65. The second-order valence-electron chi connectivity index (χ2n) is 4.83. The topological polar surface area (TPSA) is 3.24 Å². The van der Waals surface area contributed by atoms with Crippen LogP contribution < -0.4 is 0 Å². The molecule has 0 spiro atoms. The highest BCUT2D eigenvalue weighted by Gasteiger charge is 2.21. The van der Waals surface area contributed by atoms with Crippen molar-refractivity contribution in [2.45, 2.75) is 58.4 Å². The number of hydrogen-bond acceptors (Lipinski definition) is 1. The molecule has 1 atom stereocenters. The molecule has 0 bridgehead atoms. The molecular formula is C13H26ClN. The minimum absolute atomic E-state index is 0.648. The van der Waals surface area contributed by atoms with Crippen LogP contribution in [0.15, 0.2) is 0 Å². The highest BCUT2D eigenvalue weighted by Crippen LogP contribution is 2.20. The van der Waals surface area contributed by atoms with Crippen LogP contribution in [0.5, 0.6) is 0 Å². The molecule has 0 N–H and O–H groups in total. The lowest BCUT2D eigenvalue weighted by Crippen LogP contribution is -2.39. The lowest BCUT2D eigenvalue weighted by atomic mass is 10.0. The number of rotatable bonds is 5. The van der Waals surface area contributed by atoms with Crippen molar-refractivity contribution < 1.29 is 0 Å². The van der Waals surface area contributed by atoms with Gasteiger partial charge in [0.15, 0.2) is 0 Å². The van der Waals surface area contributed by atoms with Crippen molar-refractivity contribution in [3.63, 3.8) is 0 Å². The summed E-state index contributed by atoms with van der Waals surface area (Å²) in [6.07, 6.45) is 8.06. The molecule has 1 rings (SSSR count). The Morgan fingerprint density at radius 3 is 2.53 bits per heavy atom. The Morgan fingerprint density at radius 2 is 1.93 bits per heavy atom. The summed E-state index contributed by atoms with van der Waals surface area (Å²) in [6, 6.07) is 0.648. The summed E-state index contributed by atoms with van der Waals surface area (Å²) in [6.45, 7) is 7.15. The molecule has 0 amide bonds. The summed E-state index contributed by atoms with van der Waals surface area (Å²) in [5, 5.41) is 0. The van der Waals surface area contributed by atoms with Crippen molar-refractivity contribution in [2.75, 3.05) is 19.0 Å². The van der Waals surface area contributed by atoms with Crippen molar-refractivity contribution in [1.82, 2.24) is 4.90 Å². The zero-order valence-corrected chi connectivity index (χ0v) is 11.1. The fraction of sp³-hybridized carbons (Fsp3) is 1.00. The van der Waals surface area contributed by atoms with E-state index in [0.717, 1.165) is 11.8 Å². The molecule has 1 aliphatic heterocycles. The predicted octanol–water partition coefficient (Wildman–Crippen LogP) is 3.91. The maximum atomic E-state index is 6.08. The molecule has 1 fully saturated rings. The minimum atomic E-state index is 0.648. The molecule has 1 aliphatic rings. The van der Waals surface area contributed by atoms with E-state index >= 15 is 0 Å². The SMILES string of the molecule is CCC(CC)CN1CCCCCC1CCl. The van der Waals surface area contributed by atoms with Gasteiger partial charge in [-0.1, -0.05) is 39.5 Å². The Morgan fingerprint density at radius 1 is 1.20 bits per heavy atom.